The molecule has 138 valence electrons. The SMILES string of the molecule is COc1ccc(N2C(=O)[C@H](C=N[C@H]3CCCC[C@@H]3N)C(=O)NC2=S)cc1. The molecule has 0 spiro atoms. The van der Waals surface area contributed by atoms with Gasteiger partial charge in [0.15, 0.2) is 11.0 Å². The number of hydrogen-bond acceptors (Lipinski definition) is 6. The number of ether oxygens (including phenoxy) is 1. The van der Waals surface area contributed by atoms with Crippen LogP contribution in [0.2, 0.25) is 0 Å². The Morgan fingerprint density at radius 3 is 2.62 bits per heavy atom. The molecule has 2 fully saturated rings. The third-order valence-corrected chi connectivity index (χ3v) is 5.03. The van der Waals surface area contributed by atoms with Crippen molar-refractivity contribution in [2.24, 2.45) is 16.6 Å². The van der Waals surface area contributed by atoms with Crippen LogP contribution >= 0.6 is 12.2 Å². The van der Waals surface area contributed by atoms with Gasteiger partial charge in [-0.15, -0.1) is 0 Å². The lowest BCUT2D eigenvalue weighted by molar-refractivity contribution is -0.130. The molecule has 1 aliphatic heterocycles. The number of carbonyl (C=O) groups is 2. The van der Waals surface area contributed by atoms with Crippen molar-refractivity contribution in [3.8, 4) is 5.75 Å². The number of hydrogen-bond donors (Lipinski definition) is 2. The molecule has 7 nitrogen and oxygen atoms in total. The predicted octanol–water partition coefficient (Wildman–Crippen LogP) is 1.40. The molecule has 3 N–H and O–H groups in total. The predicted molar refractivity (Wildman–Crippen MR) is 103 cm³/mol. The number of anilines is 1. The van der Waals surface area contributed by atoms with Gasteiger partial charge >= 0.3 is 0 Å². The van der Waals surface area contributed by atoms with E-state index in [0.717, 1.165) is 25.7 Å². The highest BCUT2D eigenvalue weighted by Crippen LogP contribution is 2.24. The number of nitrogens with one attached hydrogen (secondary N) is 1. The lowest BCUT2D eigenvalue weighted by Gasteiger charge is -2.31. The molecule has 3 atom stereocenters. The maximum Gasteiger partial charge on any atom is 0.251 e. The van der Waals surface area contributed by atoms with Crippen LogP contribution in [0.25, 0.3) is 0 Å². The lowest BCUT2D eigenvalue weighted by Crippen LogP contribution is -2.58. The van der Waals surface area contributed by atoms with E-state index in [1.807, 2.05) is 0 Å². The fourth-order valence-corrected chi connectivity index (χ4v) is 3.52. The quantitative estimate of drug-likeness (QED) is 0.472. The largest absolute Gasteiger partial charge is 0.497 e. The van der Waals surface area contributed by atoms with Crippen LogP contribution in [-0.4, -0.2) is 42.3 Å². The standard InChI is InChI=1S/C18H22N4O3S/c1-25-12-8-6-11(7-9-12)22-17(24)13(16(23)21-18(22)26)10-20-15-5-3-2-4-14(15)19/h6-10,13-15H,2-5,19H2,1H3,(H,21,23,26)/t13-,14+,15+/m1/s1. The van der Waals surface area contributed by atoms with Crippen LogP contribution in [0.1, 0.15) is 25.7 Å². The summed E-state index contributed by atoms with van der Waals surface area (Å²) in [6.45, 7) is 0. The summed E-state index contributed by atoms with van der Waals surface area (Å²) in [5.74, 6) is -1.23. The summed E-state index contributed by atoms with van der Waals surface area (Å²) in [7, 11) is 1.56. The molecule has 1 aromatic rings. The number of methoxy groups -OCH3 is 1. The van der Waals surface area contributed by atoms with Crippen molar-refractivity contribution < 1.29 is 14.3 Å². The maximum atomic E-state index is 12.9. The first kappa shape index (κ1) is 18.5. The van der Waals surface area contributed by atoms with E-state index in [1.54, 1.807) is 31.4 Å². The van der Waals surface area contributed by atoms with E-state index in [-0.39, 0.29) is 17.2 Å². The van der Waals surface area contributed by atoms with Crippen molar-refractivity contribution in [3.05, 3.63) is 24.3 Å². The van der Waals surface area contributed by atoms with Crippen molar-refractivity contribution in [3.63, 3.8) is 0 Å². The van der Waals surface area contributed by atoms with Gasteiger partial charge in [-0.25, -0.2) is 0 Å². The average Bonchev–Trinajstić information content (AvgIpc) is 2.63. The van der Waals surface area contributed by atoms with E-state index < -0.39 is 17.7 Å². The van der Waals surface area contributed by atoms with Gasteiger partial charge in [-0.05, 0) is 49.3 Å². The molecular weight excluding hydrogens is 352 g/mol. The Balaban J connectivity index is 1.80. The van der Waals surface area contributed by atoms with E-state index in [1.165, 1.54) is 11.1 Å². The lowest BCUT2D eigenvalue weighted by atomic mass is 9.91. The second-order valence-corrected chi connectivity index (χ2v) is 6.84. The number of nitrogens with zero attached hydrogens (tertiary/aromatic N) is 2. The van der Waals surface area contributed by atoms with E-state index in [4.69, 9.17) is 22.7 Å². The minimum absolute atomic E-state index is 0.0273. The second-order valence-electron chi connectivity index (χ2n) is 6.46. The highest BCUT2D eigenvalue weighted by molar-refractivity contribution is 7.80. The summed E-state index contributed by atoms with van der Waals surface area (Å²) in [5, 5.41) is 2.64. The van der Waals surface area contributed by atoms with Crippen LogP contribution in [0.3, 0.4) is 0 Å². The topological polar surface area (TPSA) is 97.0 Å². The van der Waals surface area contributed by atoms with Crippen molar-refractivity contribution in [2.75, 3.05) is 12.0 Å². The molecule has 3 rings (SSSR count). The zero-order chi connectivity index (χ0) is 18.7. The zero-order valence-corrected chi connectivity index (χ0v) is 15.4. The third kappa shape index (κ3) is 3.76. The number of rotatable bonds is 4. The maximum absolute atomic E-state index is 12.9. The summed E-state index contributed by atoms with van der Waals surface area (Å²) < 4.78 is 5.13. The molecule has 2 aliphatic rings. The summed E-state index contributed by atoms with van der Waals surface area (Å²) >= 11 is 5.18. The Morgan fingerprint density at radius 2 is 1.96 bits per heavy atom. The summed E-state index contributed by atoms with van der Waals surface area (Å²) in [5.41, 5.74) is 6.65. The van der Waals surface area contributed by atoms with Crippen LogP contribution < -0.4 is 20.7 Å². The second kappa shape index (κ2) is 7.92. The number of thiocarbonyl (C=S) groups is 1. The number of aliphatic imine (C=N–C) groups is 1. The van der Waals surface area contributed by atoms with Crippen LogP contribution in [0.15, 0.2) is 29.3 Å². The van der Waals surface area contributed by atoms with E-state index in [0.29, 0.717) is 11.4 Å². The number of benzene rings is 1. The van der Waals surface area contributed by atoms with Gasteiger partial charge in [0.25, 0.3) is 5.91 Å². The molecule has 2 amide bonds. The van der Waals surface area contributed by atoms with Gasteiger partial charge in [0.1, 0.15) is 5.75 Å². The Hall–Kier alpha value is -2.32. The zero-order valence-electron chi connectivity index (χ0n) is 14.6. The first-order valence-electron chi connectivity index (χ1n) is 8.63. The monoisotopic (exact) mass is 374 g/mol. The van der Waals surface area contributed by atoms with E-state index in [9.17, 15) is 9.59 Å². The summed E-state index contributed by atoms with van der Waals surface area (Å²) in [4.78, 5) is 30.9. The Labute approximate surface area is 157 Å². The number of amides is 2. The van der Waals surface area contributed by atoms with Crippen molar-refractivity contribution in [1.29, 1.82) is 0 Å². The molecule has 26 heavy (non-hydrogen) atoms. The normalized spacial score (nSPS) is 26.9. The Kier molecular flexibility index (Phi) is 5.63. The molecule has 0 aromatic heterocycles. The average molecular weight is 374 g/mol. The molecule has 1 heterocycles. The van der Waals surface area contributed by atoms with E-state index >= 15 is 0 Å². The van der Waals surface area contributed by atoms with Gasteiger partial charge in [-0.2, -0.15) is 0 Å². The van der Waals surface area contributed by atoms with Gasteiger partial charge in [0.05, 0.1) is 18.8 Å². The Morgan fingerprint density at radius 1 is 1.27 bits per heavy atom. The van der Waals surface area contributed by atoms with Gasteiger partial charge < -0.3 is 15.8 Å². The Bertz CT molecular complexity index is 734. The van der Waals surface area contributed by atoms with E-state index in [2.05, 4.69) is 10.3 Å². The first-order chi connectivity index (χ1) is 12.5. The molecule has 0 radical (unpaired) electrons. The third-order valence-electron chi connectivity index (χ3n) is 4.74. The summed E-state index contributed by atoms with van der Waals surface area (Å²) in [6, 6.07) is 6.81. The molecule has 1 saturated carbocycles. The molecule has 1 aromatic carbocycles. The van der Waals surface area contributed by atoms with Crippen LogP contribution in [0.5, 0.6) is 5.75 Å². The smallest absolute Gasteiger partial charge is 0.251 e. The molecule has 0 unspecified atom stereocenters. The van der Waals surface area contributed by atoms with Gasteiger partial charge in [0, 0.05) is 12.3 Å². The molecule has 1 saturated heterocycles. The molecular formula is C18H22N4O3S. The number of nitrogens with two attached hydrogens (primary N) is 1. The first-order valence-corrected chi connectivity index (χ1v) is 9.04. The van der Waals surface area contributed by atoms with Gasteiger partial charge in [0.2, 0.25) is 5.91 Å². The fraction of sp³-hybridized carbons (Fsp3) is 0.444. The van der Waals surface area contributed by atoms with Crippen molar-refractivity contribution >= 4 is 41.0 Å². The van der Waals surface area contributed by atoms with Crippen molar-refractivity contribution in [2.45, 2.75) is 37.8 Å². The van der Waals surface area contributed by atoms with Crippen LogP contribution in [0, 0.1) is 5.92 Å². The molecule has 0 bridgehead atoms. The highest BCUT2D eigenvalue weighted by atomic mass is 32.1. The van der Waals surface area contributed by atoms with Gasteiger partial charge in [-0.1, -0.05) is 12.8 Å². The summed E-state index contributed by atoms with van der Waals surface area (Å²) in [6.07, 6.45) is 5.36. The van der Waals surface area contributed by atoms with Crippen LogP contribution in [-0.2, 0) is 9.59 Å². The van der Waals surface area contributed by atoms with Crippen molar-refractivity contribution in [1.82, 2.24) is 5.32 Å². The fourth-order valence-electron chi connectivity index (χ4n) is 3.22. The molecule has 1 aliphatic carbocycles. The van der Waals surface area contributed by atoms with Gasteiger partial charge in [-0.3, -0.25) is 19.5 Å². The minimum Gasteiger partial charge on any atom is -0.497 e. The molecule has 8 heteroatoms. The van der Waals surface area contributed by atoms with Crippen LogP contribution in [0.4, 0.5) is 5.69 Å². The highest BCUT2D eigenvalue weighted by Gasteiger charge is 2.38. The minimum atomic E-state index is -1.02. The number of carbonyl (C=O) groups excluding carboxylic acids is 2.